The summed E-state index contributed by atoms with van der Waals surface area (Å²) in [6, 6.07) is 6.56. The minimum Gasteiger partial charge on any atom is -0.478 e. The number of carbonyl (C=O) groups is 2. The van der Waals surface area contributed by atoms with Crippen LogP contribution in [-0.2, 0) is 0 Å². The number of nitrogens with zero attached hydrogens (tertiary/aromatic N) is 1. The molecule has 0 radical (unpaired) electrons. The molecular weight excluding hydrogens is 244 g/mol. The number of anilines is 1. The SMILES string of the molecule is CCCN(C(=O)Nc1ccccc1C(=O)O)C1CC1. The number of nitrogens with one attached hydrogen (secondary N) is 1. The standard InChI is InChI=1S/C14H18N2O3/c1-2-9-16(10-7-8-10)14(19)15-12-6-4-3-5-11(12)13(17)18/h3-6,10H,2,7-9H2,1H3,(H,15,19)(H,17,18). The van der Waals surface area contributed by atoms with E-state index in [2.05, 4.69) is 5.32 Å². The smallest absolute Gasteiger partial charge is 0.337 e. The van der Waals surface area contributed by atoms with E-state index in [1.807, 2.05) is 6.92 Å². The highest BCUT2D eigenvalue weighted by molar-refractivity contribution is 6.00. The van der Waals surface area contributed by atoms with Crippen molar-refractivity contribution in [1.29, 1.82) is 0 Å². The molecular formula is C14H18N2O3. The van der Waals surface area contributed by atoms with E-state index in [0.717, 1.165) is 19.3 Å². The Bertz CT molecular complexity index is 483. The Morgan fingerprint density at radius 1 is 1.37 bits per heavy atom. The quantitative estimate of drug-likeness (QED) is 0.857. The van der Waals surface area contributed by atoms with E-state index in [0.29, 0.717) is 18.3 Å². The molecule has 102 valence electrons. The molecule has 0 spiro atoms. The van der Waals surface area contributed by atoms with Gasteiger partial charge >= 0.3 is 12.0 Å². The van der Waals surface area contributed by atoms with Crippen LogP contribution in [0.25, 0.3) is 0 Å². The van der Waals surface area contributed by atoms with Crippen LogP contribution in [0.1, 0.15) is 36.5 Å². The van der Waals surface area contributed by atoms with Gasteiger partial charge in [-0.25, -0.2) is 9.59 Å². The third-order valence-electron chi connectivity index (χ3n) is 3.11. The molecule has 1 saturated carbocycles. The number of carboxylic acids is 1. The molecule has 0 aromatic heterocycles. The third-order valence-corrected chi connectivity index (χ3v) is 3.11. The number of para-hydroxylation sites is 1. The van der Waals surface area contributed by atoms with Gasteiger partial charge in [-0.3, -0.25) is 0 Å². The van der Waals surface area contributed by atoms with Gasteiger partial charge in [-0.2, -0.15) is 0 Å². The van der Waals surface area contributed by atoms with Gasteiger partial charge in [0.05, 0.1) is 11.3 Å². The maximum Gasteiger partial charge on any atom is 0.337 e. The van der Waals surface area contributed by atoms with E-state index < -0.39 is 5.97 Å². The molecule has 1 fully saturated rings. The lowest BCUT2D eigenvalue weighted by Gasteiger charge is -2.22. The van der Waals surface area contributed by atoms with E-state index in [1.54, 1.807) is 23.1 Å². The first-order chi connectivity index (χ1) is 9.13. The van der Waals surface area contributed by atoms with Gasteiger partial charge in [0.1, 0.15) is 0 Å². The lowest BCUT2D eigenvalue weighted by molar-refractivity contribution is 0.0698. The fourth-order valence-electron chi connectivity index (χ4n) is 2.04. The van der Waals surface area contributed by atoms with Crippen molar-refractivity contribution in [1.82, 2.24) is 4.90 Å². The molecule has 1 aliphatic rings. The van der Waals surface area contributed by atoms with Gasteiger partial charge in [-0.15, -0.1) is 0 Å². The predicted octanol–water partition coefficient (Wildman–Crippen LogP) is 2.79. The minimum atomic E-state index is -1.04. The number of urea groups is 1. The van der Waals surface area contributed by atoms with Gasteiger partial charge < -0.3 is 15.3 Å². The number of amides is 2. The molecule has 0 unspecified atom stereocenters. The highest BCUT2D eigenvalue weighted by Gasteiger charge is 2.32. The monoisotopic (exact) mass is 262 g/mol. The molecule has 0 aliphatic heterocycles. The van der Waals surface area contributed by atoms with Crippen LogP contribution in [0.2, 0.25) is 0 Å². The number of carboxylic acid groups (broad SMARTS) is 1. The van der Waals surface area contributed by atoms with Gasteiger partial charge in [0.2, 0.25) is 0 Å². The Hall–Kier alpha value is -2.04. The number of benzene rings is 1. The lowest BCUT2D eigenvalue weighted by Crippen LogP contribution is -2.37. The number of hydrogen-bond donors (Lipinski definition) is 2. The average Bonchev–Trinajstić information content (AvgIpc) is 3.20. The molecule has 5 heteroatoms. The second-order valence-electron chi connectivity index (χ2n) is 4.71. The predicted molar refractivity (Wildman–Crippen MR) is 72.4 cm³/mol. The molecule has 2 amide bonds. The number of hydrogen-bond acceptors (Lipinski definition) is 2. The second-order valence-corrected chi connectivity index (χ2v) is 4.71. The third kappa shape index (κ3) is 3.24. The van der Waals surface area contributed by atoms with Gasteiger partial charge in [0, 0.05) is 12.6 Å². The molecule has 1 aromatic rings. The zero-order valence-corrected chi connectivity index (χ0v) is 10.9. The highest BCUT2D eigenvalue weighted by Crippen LogP contribution is 2.28. The zero-order valence-electron chi connectivity index (χ0n) is 10.9. The maximum atomic E-state index is 12.2. The van der Waals surface area contributed by atoms with Crippen LogP contribution in [0.15, 0.2) is 24.3 Å². The normalized spacial score (nSPS) is 13.9. The summed E-state index contributed by atoms with van der Waals surface area (Å²) in [5.41, 5.74) is 0.463. The molecule has 5 nitrogen and oxygen atoms in total. The molecule has 2 N–H and O–H groups in total. The van der Waals surface area contributed by atoms with Crippen molar-refractivity contribution < 1.29 is 14.7 Å². The van der Waals surface area contributed by atoms with Crippen LogP contribution in [0.3, 0.4) is 0 Å². The summed E-state index contributed by atoms with van der Waals surface area (Å²) in [7, 11) is 0. The van der Waals surface area contributed by atoms with E-state index in [4.69, 9.17) is 5.11 Å². The Kier molecular flexibility index (Phi) is 4.04. The summed E-state index contributed by atoms with van der Waals surface area (Å²) in [6.07, 6.45) is 2.96. The number of carbonyl (C=O) groups excluding carboxylic acids is 1. The van der Waals surface area contributed by atoms with Crippen LogP contribution < -0.4 is 5.32 Å². The van der Waals surface area contributed by atoms with Gasteiger partial charge in [-0.1, -0.05) is 19.1 Å². The maximum absolute atomic E-state index is 12.2. The van der Waals surface area contributed by atoms with Crippen molar-refractivity contribution in [3.63, 3.8) is 0 Å². The molecule has 1 aliphatic carbocycles. The fraction of sp³-hybridized carbons (Fsp3) is 0.429. The number of rotatable bonds is 5. The van der Waals surface area contributed by atoms with Gasteiger partial charge in [0.15, 0.2) is 0 Å². The van der Waals surface area contributed by atoms with Crippen molar-refractivity contribution in [3.05, 3.63) is 29.8 Å². The van der Waals surface area contributed by atoms with Crippen LogP contribution in [0, 0.1) is 0 Å². The molecule has 2 rings (SSSR count). The van der Waals surface area contributed by atoms with Crippen molar-refractivity contribution in [3.8, 4) is 0 Å². The van der Waals surface area contributed by atoms with Gasteiger partial charge in [-0.05, 0) is 31.4 Å². The topological polar surface area (TPSA) is 69.6 Å². The Morgan fingerprint density at radius 2 is 2.05 bits per heavy atom. The fourth-order valence-corrected chi connectivity index (χ4v) is 2.04. The van der Waals surface area contributed by atoms with Crippen molar-refractivity contribution in [2.75, 3.05) is 11.9 Å². The van der Waals surface area contributed by atoms with Crippen LogP contribution in [0.5, 0.6) is 0 Å². The van der Waals surface area contributed by atoms with Crippen LogP contribution in [-0.4, -0.2) is 34.6 Å². The van der Waals surface area contributed by atoms with Crippen LogP contribution in [0.4, 0.5) is 10.5 Å². The first kappa shape index (κ1) is 13.4. The van der Waals surface area contributed by atoms with Gasteiger partial charge in [0.25, 0.3) is 0 Å². The summed E-state index contributed by atoms with van der Waals surface area (Å²) in [5.74, 6) is -1.04. The molecule has 1 aromatic carbocycles. The van der Waals surface area contributed by atoms with E-state index >= 15 is 0 Å². The zero-order chi connectivity index (χ0) is 13.8. The second kappa shape index (κ2) is 5.73. The minimum absolute atomic E-state index is 0.114. The van der Waals surface area contributed by atoms with Crippen molar-refractivity contribution in [2.45, 2.75) is 32.2 Å². The Morgan fingerprint density at radius 3 is 2.63 bits per heavy atom. The summed E-state index contributed by atoms with van der Waals surface area (Å²) < 4.78 is 0. The molecule has 0 saturated heterocycles. The Labute approximate surface area is 112 Å². The van der Waals surface area contributed by atoms with Crippen molar-refractivity contribution >= 4 is 17.7 Å². The highest BCUT2D eigenvalue weighted by atomic mass is 16.4. The molecule has 0 heterocycles. The average molecular weight is 262 g/mol. The summed E-state index contributed by atoms with van der Waals surface area (Å²) >= 11 is 0. The summed E-state index contributed by atoms with van der Waals surface area (Å²) in [6.45, 7) is 2.72. The largest absolute Gasteiger partial charge is 0.478 e. The summed E-state index contributed by atoms with van der Waals surface area (Å²) in [4.78, 5) is 25.1. The Balaban J connectivity index is 2.11. The molecule has 0 bridgehead atoms. The number of aromatic carboxylic acids is 1. The van der Waals surface area contributed by atoms with Crippen LogP contribution >= 0.6 is 0 Å². The summed E-state index contributed by atoms with van der Waals surface area (Å²) in [5, 5.41) is 11.8. The first-order valence-corrected chi connectivity index (χ1v) is 6.53. The van der Waals surface area contributed by atoms with Crippen molar-refractivity contribution in [2.24, 2.45) is 0 Å². The lowest BCUT2D eigenvalue weighted by atomic mass is 10.2. The van der Waals surface area contributed by atoms with E-state index in [9.17, 15) is 9.59 Å². The molecule has 19 heavy (non-hydrogen) atoms. The van der Waals surface area contributed by atoms with E-state index in [1.165, 1.54) is 6.07 Å². The van der Waals surface area contributed by atoms with E-state index in [-0.39, 0.29) is 11.6 Å². The molecule has 0 atom stereocenters. The first-order valence-electron chi connectivity index (χ1n) is 6.53.